The van der Waals surface area contributed by atoms with Crippen molar-refractivity contribution in [2.24, 2.45) is 11.3 Å². The van der Waals surface area contributed by atoms with E-state index in [2.05, 4.69) is 53.4 Å². The SMILES string of the molecule is CCC(C)(C)C1CCc2c(sc3c2C(=O)NC(c2cccc(Br)c2)N3)C1. The number of amides is 1. The molecule has 1 amide bonds. The number of thiophene rings is 1. The zero-order chi connectivity index (χ0) is 18.5. The summed E-state index contributed by atoms with van der Waals surface area (Å²) in [7, 11) is 0. The molecule has 0 radical (unpaired) electrons. The van der Waals surface area contributed by atoms with E-state index in [1.807, 2.05) is 18.2 Å². The Labute approximate surface area is 167 Å². The molecule has 2 unspecified atom stereocenters. The molecule has 26 heavy (non-hydrogen) atoms. The third-order valence-corrected chi connectivity index (χ3v) is 7.92. The second kappa shape index (κ2) is 6.68. The Morgan fingerprint density at radius 3 is 2.85 bits per heavy atom. The summed E-state index contributed by atoms with van der Waals surface area (Å²) in [6.07, 6.45) is 4.33. The molecule has 2 aliphatic rings. The van der Waals surface area contributed by atoms with E-state index in [1.54, 1.807) is 11.3 Å². The molecule has 2 N–H and O–H groups in total. The van der Waals surface area contributed by atoms with E-state index in [0.717, 1.165) is 33.4 Å². The van der Waals surface area contributed by atoms with Gasteiger partial charge in [0.1, 0.15) is 11.2 Å². The predicted molar refractivity (Wildman–Crippen MR) is 112 cm³/mol. The van der Waals surface area contributed by atoms with Crippen LogP contribution in [0.25, 0.3) is 0 Å². The van der Waals surface area contributed by atoms with E-state index in [9.17, 15) is 4.79 Å². The second-order valence-corrected chi connectivity index (χ2v) is 10.1. The summed E-state index contributed by atoms with van der Waals surface area (Å²) in [5, 5.41) is 7.74. The van der Waals surface area contributed by atoms with Crippen molar-refractivity contribution in [2.45, 2.75) is 52.6 Å². The van der Waals surface area contributed by atoms with E-state index in [-0.39, 0.29) is 12.1 Å². The number of anilines is 1. The third-order valence-electron chi connectivity index (χ3n) is 6.24. The normalized spacial score (nSPS) is 22.2. The van der Waals surface area contributed by atoms with Crippen molar-refractivity contribution in [3.05, 3.63) is 50.3 Å². The lowest BCUT2D eigenvalue weighted by atomic mass is 9.69. The number of rotatable bonds is 3. The Bertz CT molecular complexity index is 858. The van der Waals surface area contributed by atoms with Gasteiger partial charge in [-0.25, -0.2) is 0 Å². The number of carbonyl (C=O) groups excluding carboxylic acids is 1. The maximum absolute atomic E-state index is 12.9. The first kappa shape index (κ1) is 18.1. The van der Waals surface area contributed by atoms with Crippen molar-refractivity contribution in [1.29, 1.82) is 0 Å². The van der Waals surface area contributed by atoms with Crippen LogP contribution in [0.15, 0.2) is 28.7 Å². The molecule has 3 nitrogen and oxygen atoms in total. The summed E-state index contributed by atoms with van der Waals surface area (Å²) in [6.45, 7) is 7.04. The second-order valence-electron chi connectivity index (χ2n) is 8.10. The maximum Gasteiger partial charge on any atom is 0.256 e. The molecular weight excluding hydrogens is 408 g/mol. The van der Waals surface area contributed by atoms with E-state index in [4.69, 9.17) is 0 Å². The Morgan fingerprint density at radius 1 is 1.31 bits per heavy atom. The smallest absolute Gasteiger partial charge is 0.256 e. The van der Waals surface area contributed by atoms with Crippen LogP contribution in [-0.4, -0.2) is 5.91 Å². The van der Waals surface area contributed by atoms with Gasteiger partial charge in [-0.3, -0.25) is 4.79 Å². The number of hydrogen-bond acceptors (Lipinski definition) is 3. The van der Waals surface area contributed by atoms with Crippen molar-refractivity contribution in [1.82, 2.24) is 5.32 Å². The summed E-state index contributed by atoms with van der Waals surface area (Å²) in [5.74, 6) is 0.762. The molecule has 1 aliphatic carbocycles. The quantitative estimate of drug-likeness (QED) is 0.632. The van der Waals surface area contributed by atoms with Gasteiger partial charge in [-0.2, -0.15) is 0 Å². The summed E-state index contributed by atoms with van der Waals surface area (Å²) < 4.78 is 1.02. The topological polar surface area (TPSA) is 41.1 Å². The van der Waals surface area contributed by atoms with Crippen molar-refractivity contribution in [3.63, 3.8) is 0 Å². The van der Waals surface area contributed by atoms with Gasteiger partial charge in [0, 0.05) is 9.35 Å². The molecule has 1 aromatic carbocycles. The average molecular weight is 433 g/mol. The first-order chi connectivity index (χ1) is 12.4. The first-order valence-corrected chi connectivity index (χ1v) is 11.0. The van der Waals surface area contributed by atoms with Gasteiger partial charge in [-0.1, -0.05) is 55.3 Å². The molecule has 2 heterocycles. The highest BCUT2D eigenvalue weighted by atomic mass is 79.9. The Morgan fingerprint density at radius 2 is 2.12 bits per heavy atom. The van der Waals surface area contributed by atoms with Gasteiger partial charge < -0.3 is 10.6 Å². The van der Waals surface area contributed by atoms with Gasteiger partial charge >= 0.3 is 0 Å². The Balaban J connectivity index is 1.64. The lowest BCUT2D eigenvalue weighted by molar-refractivity contribution is 0.0934. The molecule has 0 fully saturated rings. The fourth-order valence-corrected chi connectivity index (χ4v) is 5.88. The average Bonchev–Trinajstić information content (AvgIpc) is 2.99. The summed E-state index contributed by atoms with van der Waals surface area (Å²) in [5.41, 5.74) is 3.60. The highest BCUT2D eigenvalue weighted by Crippen LogP contribution is 2.47. The van der Waals surface area contributed by atoms with Crippen LogP contribution in [-0.2, 0) is 12.8 Å². The van der Waals surface area contributed by atoms with Crippen molar-refractivity contribution < 1.29 is 4.79 Å². The lowest BCUT2D eigenvalue weighted by Gasteiger charge is -2.36. The van der Waals surface area contributed by atoms with Crippen molar-refractivity contribution in [3.8, 4) is 0 Å². The standard InChI is InChI=1S/C21H25BrN2OS/c1-4-21(2,3)13-8-9-15-16(11-13)26-20-17(15)19(25)23-18(24-20)12-6-5-7-14(22)10-12/h5-7,10,13,18,24H,4,8-9,11H2,1-3H3,(H,23,25). The van der Waals surface area contributed by atoms with Crippen LogP contribution in [0.3, 0.4) is 0 Å². The zero-order valence-electron chi connectivity index (χ0n) is 15.5. The van der Waals surface area contributed by atoms with Gasteiger partial charge in [-0.05, 0) is 53.9 Å². The summed E-state index contributed by atoms with van der Waals surface area (Å²) in [6, 6.07) is 8.09. The number of benzene rings is 1. The monoisotopic (exact) mass is 432 g/mol. The molecule has 5 heteroatoms. The summed E-state index contributed by atoms with van der Waals surface area (Å²) in [4.78, 5) is 14.3. The number of halogens is 1. The van der Waals surface area contributed by atoms with Gasteiger partial charge in [0.15, 0.2) is 0 Å². The van der Waals surface area contributed by atoms with E-state index in [0.29, 0.717) is 11.3 Å². The lowest BCUT2D eigenvalue weighted by Crippen LogP contribution is -2.38. The van der Waals surface area contributed by atoms with Crippen LogP contribution in [0.4, 0.5) is 5.00 Å². The Hall–Kier alpha value is -1.33. The van der Waals surface area contributed by atoms with Gasteiger partial charge in [-0.15, -0.1) is 11.3 Å². The Kier molecular flexibility index (Phi) is 4.64. The van der Waals surface area contributed by atoms with E-state index >= 15 is 0 Å². The largest absolute Gasteiger partial charge is 0.353 e. The zero-order valence-corrected chi connectivity index (χ0v) is 17.9. The minimum atomic E-state index is -0.171. The van der Waals surface area contributed by atoms with Gasteiger partial charge in [0.25, 0.3) is 5.91 Å². The molecule has 0 saturated heterocycles. The van der Waals surface area contributed by atoms with Crippen LogP contribution < -0.4 is 10.6 Å². The van der Waals surface area contributed by atoms with Gasteiger partial charge in [0.2, 0.25) is 0 Å². The molecule has 0 saturated carbocycles. The predicted octanol–water partition coefficient (Wildman–Crippen LogP) is 5.91. The molecular formula is C21H25BrN2OS. The number of hydrogen-bond donors (Lipinski definition) is 2. The molecule has 0 spiro atoms. The molecule has 138 valence electrons. The first-order valence-electron chi connectivity index (χ1n) is 9.36. The molecule has 1 aliphatic heterocycles. The van der Waals surface area contributed by atoms with Crippen LogP contribution in [0.5, 0.6) is 0 Å². The van der Waals surface area contributed by atoms with E-state index < -0.39 is 0 Å². The number of nitrogens with one attached hydrogen (secondary N) is 2. The molecule has 1 aromatic heterocycles. The number of carbonyl (C=O) groups is 1. The van der Waals surface area contributed by atoms with Crippen LogP contribution in [0.2, 0.25) is 0 Å². The minimum absolute atomic E-state index is 0.0643. The fraction of sp³-hybridized carbons (Fsp3) is 0.476. The van der Waals surface area contributed by atoms with Crippen molar-refractivity contribution >= 4 is 38.2 Å². The summed E-state index contributed by atoms with van der Waals surface area (Å²) >= 11 is 5.31. The van der Waals surface area contributed by atoms with Crippen LogP contribution in [0.1, 0.15) is 66.1 Å². The van der Waals surface area contributed by atoms with Crippen LogP contribution in [0, 0.1) is 11.3 Å². The highest BCUT2D eigenvalue weighted by molar-refractivity contribution is 9.10. The number of fused-ring (bicyclic) bond motifs is 3. The molecule has 4 rings (SSSR count). The van der Waals surface area contributed by atoms with Crippen molar-refractivity contribution in [2.75, 3.05) is 5.32 Å². The highest BCUT2D eigenvalue weighted by Gasteiger charge is 2.37. The molecule has 2 aromatic rings. The van der Waals surface area contributed by atoms with Crippen LogP contribution >= 0.6 is 27.3 Å². The fourth-order valence-electron chi connectivity index (χ4n) is 4.11. The maximum atomic E-state index is 12.9. The molecule has 0 bridgehead atoms. The minimum Gasteiger partial charge on any atom is -0.353 e. The third kappa shape index (κ3) is 3.09. The van der Waals surface area contributed by atoms with E-state index in [1.165, 1.54) is 23.3 Å². The molecule has 2 atom stereocenters. The van der Waals surface area contributed by atoms with Gasteiger partial charge in [0.05, 0.1) is 5.56 Å².